The Bertz CT molecular complexity index is 649. The van der Waals surface area contributed by atoms with Crippen molar-refractivity contribution in [2.24, 2.45) is 7.05 Å². The van der Waals surface area contributed by atoms with Crippen molar-refractivity contribution in [2.75, 3.05) is 7.11 Å². The second kappa shape index (κ2) is 3.51. The minimum atomic E-state index is -0.389. The van der Waals surface area contributed by atoms with Crippen LogP contribution in [-0.2, 0) is 13.6 Å². The molecular weight excluding hydrogens is 212 g/mol. The maximum Gasteiger partial charge on any atom is 0.332 e. The Labute approximate surface area is 90.5 Å². The molecule has 7 nitrogen and oxygen atoms in total. The second-order valence-electron chi connectivity index (χ2n) is 3.32. The normalized spacial score (nSPS) is 10.9. The van der Waals surface area contributed by atoms with E-state index < -0.39 is 0 Å². The lowest BCUT2D eigenvalue weighted by molar-refractivity contribution is 0.176. The number of nitrogens with zero attached hydrogens (tertiary/aromatic N) is 4. The molecule has 0 aliphatic rings. The van der Waals surface area contributed by atoms with Crippen molar-refractivity contribution in [3.05, 3.63) is 27.2 Å². The third-order valence-electron chi connectivity index (χ3n) is 2.51. The molecule has 7 heteroatoms. The van der Waals surface area contributed by atoms with Gasteiger partial charge in [-0.2, -0.15) is 4.73 Å². The van der Waals surface area contributed by atoms with Crippen LogP contribution in [0.5, 0.6) is 0 Å². The highest BCUT2D eigenvalue weighted by Gasteiger charge is 2.15. The first-order chi connectivity index (χ1) is 7.61. The van der Waals surface area contributed by atoms with E-state index in [4.69, 9.17) is 4.84 Å². The molecule has 86 valence electrons. The molecule has 16 heavy (non-hydrogen) atoms. The summed E-state index contributed by atoms with van der Waals surface area (Å²) in [5, 5.41) is 0. The highest BCUT2D eigenvalue weighted by Crippen LogP contribution is 2.02. The minimum Gasteiger partial charge on any atom is -0.415 e. The van der Waals surface area contributed by atoms with E-state index in [9.17, 15) is 9.59 Å². The van der Waals surface area contributed by atoms with Crippen LogP contribution in [-0.4, -0.2) is 26.0 Å². The van der Waals surface area contributed by atoms with Crippen molar-refractivity contribution in [3.8, 4) is 0 Å². The average molecular weight is 224 g/mol. The van der Waals surface area contributed by atoms with Crippen molar-refractivity contribution in [1.29, 1.82) is 0 Å². The Morgan fingerprint density at radius 1 is 1.44 bits per heavy atom. The summed E-state index contributed by atoms with van der Waals surface area (Å²) in [7, 11) is 3.01. The summed E-state index contributed by atoms with van der Waals surface area (Å²) < 4.78 is 3.72. The van der Waals surface area contributed by atoms with Gasteiger partial charge in [0.25, 0.3) is 5.56 Å². The quantitative estimate of drug-likeness (QED) is 0.654. The van der Waals surface area contributed by atoms with E-state index in [1.54, 1.807) is 14.0 Å². The van der Waals surface area contributed by atoms with Crippen molar-refractivity contribution < 1.29 is 4.84 Å². The fourth-order valence-corrected chi connectivity index (χ4v) is 1.66. The first-order valence-electron chi connectivity index (χ1n) is 4.83. The van der Waals surface area contributed by atoms with E-state index in [0.717, 1.165) is 4.57 Å². The van der Waals surface area contributed by atoms with Gasteiger partial charge in [0.1, 0.15) is 13.4 Å². The maximum absolute atomic E-state index is 12.0. The molecule has 0 bridgehead atoms. The molecule has 0 unspecified atom stereocenters. The van der Waals surface area contributed by atoms with Crippen LogP contribution in [0.15, 0.2) is 15.9 Å². The Balaban J connectivity index is 3.06. The Kier molecular flexibility index (Phi) is 2.30. The molecule has 0 radical (unpaired) electrons. The van der Waals surface area contributed by atoms with Crippen molar-refractivity contribution in [3.63, 3.8) is 0 Å². The summed E-state index contributed by atoms with van der Waals surface area (Å²) in [5.41, 5.74) is -0.172. The summed E-state index contributed by atoms with van der Waals surface area (Å²) in [4.78, 5) is 32.7. The Hall–Kier alpha value is -2.05. The van der Waals surface area contributed by atoms with Crippen LogP contribution in [0, 0.1) is 0 Å². The van der Waals surface area contributed by atoms with Gasteiger partial charge >= 0.3 is 5.69 Å². The standard InChI is InChI=1S/C9H12N4O3/c1-4-12-8(14)6-7(11(2)9(12)15)10-5-13(6)16-3/h5H,4H2,1-3H3. The molecule has 0 saturated heterocycles. The number of hydrogen-bond acceptors (Lipinski definition) is 4. The third-order valence-corrected chi connectivity index (χ3v) is 2.51. The summed E-state index contributed by atoms with van der Waals surface area (Å²) >= 11 is 0. The lowest BCUT2D eigenvalue weighted by atomic mass is 10.5. The van der Waals surface area contributed by atoms with Crippen molar-refractivity contribution in [2.45, 2.75) is 13.5 Å². The molecule has 0 atom stereocenters. The van der Waals surface area contributed by atoms with Gasteiger partial charge in [0.15, 0.2) is 11.2 Å². The first-order valence-corrected chi connectivity index (χ1v) is 4.83. The Morgan fingerprint density at radius 3 is 2.69 bits per heavy atom. The van der Waals surface area contributed by atoms with E-state index >= 15 is 0 Å². The predicted molar refractivity (Wildman–Crippen MR) is 57.4 cm³/mol. The average Bonchev–Trinajstić information content (AvgIpc) is 2.70. The second-order valence-corrected chi connectivity index (χ2v) is 3.32. The van der Waals surface area contributed by atoms with Crippen LogP contribution in [0.4, 0.5) is 0 Å². The lowest BCUT2D eigenvalue weighted by Crippen LogP contribution is -2.39. The summed E-state index contributed by atoms with van der Waals surface area (Å²) in [5.74, 6) is 0. The van der Waals surface area contributed by atoms with Crippen LogP contribution in [0.3, 0.4) is 0 Å². The van der Waals surface area contributed by atoms with Gasteiger partial charge in [-0.3, -0.25) is 13.9 Å². The van der Waals surface area contributed by atoms with E-state index in [0.29, 0.717) is 12.2 Å². The zero-order valence-corrected chi connectivity index (χ0v) is 9.30. The fourth-order valence-electron chi connectivity index (χ4n) is 1.66. The van der Waals surface area contributed by atoms with Gasteiger partial charge in [-0.1, -0.05) is 0 Å². The molecule has 2 rings (SSSR count). The molecule has 0 saturated carbocycles. The minimum absolute atomic E-state index is 0.270. The van der Waals surface area contributed by atoms with Gasteiger partial charge in [0, 0.05) is 13.6 Å². The number of imidazole rings is 1. The largest absolute Gasteiger partial charge is 0.415 e. The number of aryl methyl sites for hydroxylation is 1. The SMILES string of the molecule is CCn1c(=O)c2c(ncn2OC)n(C)c1=O. The molecule has 0 N–H and O–H groups in total. The van der Waals surface area contributed by atoms with Gasteiger partial charge in [0.2, 0.25) is 0 Å². The maximum atomic E-state index is 12.0. The van der Waals surface area contributed by atoms with E-state index in [1.807, 2.05) is 0 Å². The van der Waals surface area contributed by atoms with Crippen molar-refractivity contribution in [1.82, 2.24) is 18.8 Å². The van der Waals surface area contributed by atoms with Gasteiger partial charge in [-0.15, -0.1) is 0 Å². The molecule has 0 fully saturated rings. The van der Waals surface area contributed by atoms with Crippen molar-refractivity contribution >= 4 is 11.2 Å². The first kappa shape index (κ1) is 10.5. The molecule has 2 heterocycles. The zero-order chi connectivity index (χ0) is 11.9. The third kappa shape index (κ3) is 1.17. The van der Waals surface area contributed by atoms with Crippen LogP contribution in [0.2, 0.25) is 0 Å². The van der Waals surface area contributed by atoms with Crippen LogP contribution < -0.4 is 16.1 Å². The van der Waals surface area contributed by atoms with E-state index in [2.05, 4.69) is 4.98 Å². The van der Waals surface area contributed by atoms with E-state index in [1.165, 1.54) is 22.7 Å². The smallest absolute Gasteiger partial charge is 0.332 e. The predicted octanol–water partition coefficient (Wildman–Crippen LogP) is -1.02. The van der Waals surface area contributed by atoms with E-state index in [-0.39, 0.29) is 16.8 Å². The summed E-state index contributed by atoms with van der Waals surface area (Å²) in [6, 6.07) is 0. The van der Waals surface area contributed by atoms with Gasteiger partial charge in [0.05, 0.1) is 0 Å². The molecule has 0 aliphatic heterocycles. The van der Waals surface area contributed by atoms with Crippen LogP contribution in [0.1, 0.15) is 6.92 Å². The van der Waals surface area contributed by atoms with Crippen LogP contribution in [0.25, 0.3) is 11.2 Å². The molecule has 0 aliphatic carbocycles. The van der Waals surface area contributed by atoms with Gasteiger partial charge in [-0.05, 0) is 6.92 Å². The number of rotatable bonds is 2. The zero-order valence-electron chi connectivity index (χ0n) is 9.30. The van der Waals surface area contributed by atoms with Gasteiger partial charge in [-0.25, -0.2) is 9.78 Å². The Morgan fingerprint density at radius 2 is 2.12 bits per heavy atom. The summed E-state index contributed by atoms with van der Waals surface area (Å²) in [6.45, 7) is 2.05. The molecule has 2 aromatic heterocycles. The monoisotopic (exact) mass is 224 g/mol. The van der Waals surface area contributed by atoms with Crippen LogP contribution >= 0.6 is 0 Å². The number of aromatic nitrogens is 4. The highest BCUT2D eigenvalue weighted by molar-refractivity contribution is 5.69. The van der Waals surface area contributed by atoms with Gasteiger partial charge < -0.3 is 4.84 Å². The fraction of sp³-hybridized carbons (Fsp3) is 0.444. The molecule has 0 amide bonds. The topological polar surface area (TPSA) is 71.0 Å². The lowest BCUT2D eigenvalue weighted by Gasteiger charge is -2.06. The molecule has 0 spiro atoms. The number of hydrogen-bond donors (Lipinski definition) is 0. The molecule has 2 aromatic rings. The summed E-state index contributed by atoms with van der Waals surface area (Å²) in [6.07, 6.45) is 1.37. The highest BCUT2D eigenvalue weighted by atomic mass is 16.6. The molecule has 0 aromatic carbocycles. The number of fused-ring (bicyclic) bond motifs is 1. The molecular formula is C9H12N4O3.